The predicted molar refractivity (Wildman–Crippen MR) is 67.6 cm³/mol. The molecule has 90 valence electrons. The molecule has 18 heavy (non-hydrogen) atoms. The van der Waals surface area contributed by atoms with Gasteiger partial charge in [0.25, 0.3) is 5.91 Å². The molecule has 0 radical (unpaired) electrons. The van der Waals surface area contributed by atoms with Gasteiger partial charge >= 0.3 is 6.03 Å². The molecule has 0 aliphatic carbocycles. The first kappa shape index (κ1) is 10.6. The lowest BCUT2D eigenvalue weighted by Crippen LogP contribution is -2.25. The van der Waals surface area contributed by atoms with Crippen LogP contribution in [-0.2, 0) is 4.79 Å². The molecule has 1 aromatic heterocycles. The van der Waals surface area contributed by atoms with E-state index in [9.17, 15) is 9.59 Å². The molecule has 0 atom stereocenters. The lowest BCUT2D eigenvalue weighted by Gasteiger charge is -1.99. The van der Waals surface area contributed by atoms with Crippen LogP contribution in [0.4, 0.5) is 4.79 Å². The summed E-state index contributed by atoms with van der Waals surface area (Å²) in [4.78, 5) is 27.2. The van der Waals surface area contributed by atoms with Gasteiger partial charge in [-0.15, -0.1) is 0 Å². The Balaban J connectivity index is 2.07. The third-order valence-electron chi connectivity index (χ3n) is 3.00. The van der Waals surface area contributed by atoms with Crippen LogP contribution in [0.3, 0.4) is 0 Å². The maximum absolute atomic E-state index is 11.7. The summed E-state index contributed by atoms with van der Waals surface area (Å²) in [5.41, 5.74) is 2.17. The molecule has 1 fully saturated rings. The van der Waals surface area contributed by atoms with Gasteiger partial charge in [-0.2, -0.15) is 0 Å². The number of rotatable bonds is 1. The minimum Gasteiger partial charge on any atom is -0.361 e. The Labute approximate surface area is 103 Å². The number of aromatic nitrogens is 1. The number of urea groups is 1. The zero-order valence-corrected chi connectivity index (χ0v) is 9.73. The highest BCUT2D eigenvalue weighted by atomic mass is 16.2. The Morgan fingerprint density at radius 1 is 1.22 bits per heavy atom. The molecule has 5 nitrogen and oxygen atoms in total. The maximum Gasteiger partial charge on any atom is 0.328 e. The van der Waals surface area contributed by atoms with Crippen molar-refractivity contribution in [2.24, 2.45) is 0 Å². The predicted octanol–water partition coefficient (Wildman–Crippen LogP) is 1.69. The van der Waals surface area contributed by atoms with Crippen molar-refractivity contribution < 1.29 is 9.59 Å². The van der Waals surface area contributed by atoms with Gasteiger partial charge < -0.3 is 10.3 Å². The summed E-state index contributed by atoms with van der Waals surface area (Å²) in [6.45, 7) is 0. The van der Waals surface area contributed by atoms with Crippen LogP contribution in [0.15, 0.2) is 36.2 Å². The van der Waals surface area contributed by atoms with Crippen LogP contribution in [0.5, 0.6) is 0 Å². The fraction of sp³-hybridized carbons (Fsp3) is 0.0769. The van der Waals surface area contributed by atoms with Crippen LogP contribution in [0.1, 0.15) is 5.56 Å². The summed E-state index contributed by atoms with van der Waals surface area (Å²) in [5.74, 6) is -0.315. The molecular weight excluding hydrogens is 230 g/mol. The van der Waals surface area contributed by atoms with E-state index in [0.29, 0.717) is 5.70 Å². The summed E-state index contributed by atoms with van der Waals surface area (Å²) in [6, 6.07) is 7.39. The molecule has 2 heterocycles. The van der Waals surface area contributed by atoms with Gasteiger partial charge in [0, 0.05) is 29.7 Å². The van der Waals surface area contributed by atoms with Crippen LogP contribution in [0, 0.1) is 0 Å². The molecule has 3 rings (SSSR count). The molecule has 0 bridgehead atoms. The summed E-state index contributed by atoms with van der Waals surface area (Å²) < 4.78 is 0. The normalized spacial score (nSPS) is 17.8. The first-order chi connectivity index (χ1) is 8.66. The number of carbonyl (C=O) groups is 2. The Kier molecular flexibility index (Phi) is 2.19. The number of amides is 3. The second-order valence-corrected chi connectivity index (χ2v) is 4.14. The van der Waals surface area contributed by atoms with E-state index in [2.05, 4.69) is 10.3 Å². The number of para-hydroxylation sites is 1. The number of imide groups is 1. The molecule has 3 amide bonds. The molecule has 1 aromatic carbocycles. The number of likely N-dealkylation sites (N-methyl/N-ethyl adjacent to an activating group) is 1. The van der Waals surface area contributed by atoms with E-state index in [1.165, 1.54) is 7.05 Å². The van der Waals surface area contributed by atoms with Gasteiger partial charge in [-0.05, 0) is 12.1 Å². The minimum atomic E-state index is -0.397. The average molecular weight is 241 g/mol. The quantitative estimate of drug-likeness (QED) is 0.589. The Morgan fingerprint density at radius 2 is 2.00 bits per heavy atom. The molecule has 1 saturated heterocycles. The Hall–Kier alpha value is -2.56. The summed E-state index contributed by atoms with van der Waals surface area (Å²) in [6.07, 6.45) is 3.50. The van der Waals surface area contributed by atoms with E-state index in [-0.39, 0.29) is 5.91 Å². The van der Waals surface area contributed by atoms with Crippen molar-refractivity contribution in [1.29, 1.82) is 0 Å². The number of nitrogens with one attached hydrogen (secondary N) is 2. The number of carbonyl (C=O) groups excluding carboxylic acids is 2. The molecule has 0 unspecified atom stereocenters. The highest BCUT2D eigenvalue weighted by Crippen LogP contribution is 2.21. The van der Waals surface area contributed by atoms with Crippen LogP contribution in [-0.4, -0.2) is 28.9 Å². The molecule has 1 aliphatic heterocycles. The number of H-pyrrole nitrogens is 1. The molecule has 5 heteroatoms. The van der Waals surface area contributed by atoms with Crippen molar-refractivity contribution in [3.8, 4) is 0 Å². The second kappa shape index (κ2) is 3.73. The number of benzene rings is 1. The molecular formula is C13H11N3O2. The van der Waals surface area contributed by atoms with Crippen molar-refractivity contribution >= 4 is 28.9 Å². The Morgan fingerprint density at radius 3 is 2.72 bits per heavy atom. The number of hydrogen-bond acceptors (Lipinski definition) is 2. The van der Waals surface area contributed by atoms with Gasteiger partial charge in [0.2, 0.25) is 0 Å². The summed E-state index contributed by atoms with van der Waals surface area (Å²) in [5, 5.41) is 3.56. The zero-order chi connectivity index (χ0) is 12.7. The fourth-order valence-electron chi connectivity index (χ4n) is 1.99. The molecule has 0 spiro atoms. The fourth-order valence-corrected chi connectivity index (χ4v) is 1.99. The van der Waals surface area contributed by atoms with E-state index in [1.54, 1.807) is 6.08 Å². The third kappa shape index (κ3) is 1.48. The lowest BCUT2D eigenvalue weighted by molar-refractivity contribution is -0.121. The molecule has 1 aliphatic rings. The highest BCUT2D eigenvalue weighted by Gasteiger charge is 2.30. The van der Waals surface area contributed by atoms with E-state index in [1.807, 2.05) is 30.5 Å². The minimum absolute atomic E-state index is 0.298. The van der Waals surface area contributed by atoms with Crippen LogP contribution < -0.4 is 5.32 Å². The van der Waals surface area contributed by atoms with Crippen molar-refractivity contribution in [2.45, 2.75) is 0 Å². The zero-order valence-electron chi connectivity index (χ0n) is 9.73. The Bertz CT molecular complexity index is 684. The number of aromatic amines is 1. The van der Waals surface area contributed by atoms with Crippen molar-refractivity contribution in [2.75, 3.05) is 7.05 Å². The molecule has 2 aromatic rings. The van der Waals surface area contributed by atoms with E-state index in [0.717, 1.165) is 21.4 Å². The van der Waals surface area contributed by atoms with Crippen molar-refractivity contribution in [3.05, 3.63) is 41.7 Å². The lowest BCUT2D eigenvalue weighted by atomic mass is 10.1. The van der Waals surface area contributed by atoms with Gasteiger partial charge in [0.15, 0.2) is 0 Å². The second-order valence-electron chi connectivity index (χ2n) is 4.14. The monoisotopic (exact) mass is 241 g/mol. The van der Waals surface area contributed by atoms with E-state index >= 15 is 0 Å². The summed E-state index contributed by atoms with van der Waals surface area (Å²) >= 11 is 0. The summed E-state index contributed by atoms with van der Waals surface area (Å²) in [7, 11) is 1.45. The highest BCUT2D eigenvalue weighted by molar-refractivity contribution is 6.14. The van der Waals surface area contributed by atoms with Gasteiger partial charge in [-0.25, -0.2) is 4.79 Å². The molecule has 2 N–H and O–H groups in total. The maximum atomic E-state index is 11.7. The smallest absolute Gasteiger partial charge is 0.328 e. The number of hydrogen-bond donors (Lipinski definition) is 2. The van der Waals surface area contributed by atoms with Gasteiger partial charge in [0.05, 0.1) is 0 Å². The average Bonchev–Trinajstić information content (AvgIpc) is 2.89. The topological polar surface area (TPSA) is 65.2 Å². The van der Waals surface area contributed by atoms with Gasteiger partial charge in [0.1, 0.15) is 5.70 Å². The van der Waals surface area contributed by atoms with E-state index < -0.39 is 6.03 Å². The third-order valence-corrected chi connectivity index (χ3v) is 3.00. The van der Waals surface area contributed by atoms with E-state index in [4.69, 9.17) is 0 Å². The SMILES string of the molecule is CN1C(=O)N/C(=C\c2c[nH]c3ccccc23)C1=O. The van der Waals surface area contributed by atoms with Crippen molar-refractivity contribution in [1.82, 2.24) is 15.2 Å². The van der Waals surface area contributed by atoms with Crippen LogP contribution in [0.25, 0.3) is 17.0 Å². The van der Waals surface area contributed by atoms with Gasteiger partial charge in [-0.1, -0.05) is 18.2 Å². The van der Waals surface area contributed by atoms with Crippen LogP contribution >= 0.6 is 0 Å². The first-order valence-corrected chi connectivity index (χ1v) is 5.53. The van der Waals surface area contributed by atoms with Crippen LogP contribution in [0.2, 0.25) is 0 Å². The molecule has 0 saturated carbocycles. The number of fused-ring (bicyclic) bond motifs is 1. The van der Waals surface area contributed by atoms with Crippen molar-refractivity contribution in [3.63, 3.8) is 0 Å². The largest absolute Gasteiger partial charge is 0.361 e. The number of nitrogens with zero attached hydrogens (tertiary/aromatic N) is 1. The first-order valence-electron chi connectivity index (χ1n) is 5.53. The van der Waals surface area contributed by atoms with Gasteiger partial charge in [-0.3, -0.25) is 9.69 Å². The standard InChI is InChI=1S/C13H11N3O2/c1-16-12(17)11(15-13(16)18)6-8-7-14-10-5-3-2-4-9(8)10/h2-7,14H,1H3,(H,15,18)/b11-6-.